The van der Waals surface area contributed by atoms with Crippen LogP contribution in [0.1, 0.15) is 22.3 Å². The summed E-state index contributed by atoms with van der Waals surface area (Å²) in [6.07, 6.45) is 9.39. The summed E-state index contributed by atoms with van der Waals surface area (Å²) in [5.41, 5.74) is 5.74. The summed E-state index contributed by atoms with van der Waals surface area (Å²) in [5, 5.41) is 17.7. The molecule has 4 aromatic rings. The third kappa shape index (κ3) is 5.53. The van der Waals surface area contributed by atoms with Gasteiger partial charge in [-0.2, -0.15) is 5.10 Å². The Kier molecular flexibility index (Phi) is 6.66. The fraction of sp³-hybridized carbons (Fsp3) is 0.208. The Balaban J connectivity index is 1.30. The van der Waals surface area contributed by atoms with Crippen LogP contribution in [0.25, 0.3) is 17.0 Å². The molecule has 3 N–H and O–H groups in total. The number of hydrogen-bond donors (Lipinski definition) is 3. The number of carbonyl (C=O) groups is 1. The number of benzene rings is 2. The normalized spacial score (nSPS) is 11.5. The summed E-state index contributed by atoms with van der Waals surface area (Å²) in [6.45, 7) is 1.89. The number of nitrogens with zero attached hydrogens (tertiary/aromatic N) is 3. The fourth-order valence-electron chi connectivity index (χ4n) is 3.48. The Hall–Kier alpha value is -3.55. The number of carbonyl (C=O) groups excluding carboxylic acids is 1. The molecule has 0 unspecified atom stereocenters. The van der Waals surface area contributed by atoms with Crippen molar-refractivity contribution in [3.8, 4) is 0 Å². The van der Waals surface area contributed by atoms with Crippen molar-refractivity contribution in [1.82, 2.24) is 25.1 Å². The SMILES string of the molecule is O=C(/C=C/c1ccc(CNCCc2c[nH]c3ccc(Cn4cncn4)cc23)cc1)CO. The van der Waals surface area contributed by atoms with Gasteiger partial charge in [-0.1, -0.05) is 36.4 Å². The van der Waals surface area contributed by atoms with Crippen LogP contribution in [0.15, 0.2) is 67.4 Å². The van der Waals surface area contributed by atoms with Gasteiger partial charge < -0.3 is 15.4 Å². The standard InChI is InChI=1S/C24H25N5O2/c30-15-22(31)7-5-18-1-3-19(4-2-18)12-25-10-9-21-13-27-24-8-6-20(11-23(21)24)14-29-17-26-16-28-29/h1-8,11,13,16-17,25,27,30H,9-10,12,14-15H2/b7-5+. The van der Waals surface area contributed by atoms with Gasteiger partial charge in [0.1, 0.15) is 19.3 Å². The Bertz CT molecular complexity index is 1160. The number of H-pyrrole nitrogens is 1. The maximum atomic E-state index is 11.1. The number of rotatable bonds is 10. The zero-order valence-electron chi connectivity index (χ0n) is 17.2. The summed E-state index contributed by atoms with van der Waals surface area (Å²) in [6, 6.07) is 14.5. The average Bonchev–Trinajstić information content (AvgIpc) is 3.45. The second-order valence-electron chi connectivity index (χ2n) is 7.41. The Labute approximate surface area is 180 Å². The molecule has 0 aliphatic heterocycles. The molecule has 0 atom stereocenters. The summed E-state index contributed by atoms with van der Waals surface area (Å²) >= 11 is 0. The van der Waals surface area contributed by atoms with Crippen molar-refractivity contribution in [2.24, 2.45) is 0 Å². The van der Waals surface area contributed by atoms with Gasteiger partial charge in [-0.05, 0) is 53.4 Å². The van der Waals surface area contributed by atoms with Crippen LogP contribution in [0.2, 0.25) is 0 Å². The molecule has 0 saturated carbocycles. The van der Waals surface area contributed by atoms with Crippen LogP contribution >= 0.6 is 0 Å². The third-order valence-electron chi connectivity index (χ3n) is 5.14. The number of nitrogens with one attached hydrogen (secondary N) is 2. The molecule has 158 valence electrons. The van der Waals surface area contributed by atoms with Crippen LogP contribution in [0.4, 0.5) is 0 Å². The molecule has 4 rings (SSSR count). The smallest absolute Gasteiger partial charge is 0.181 e. The minimum Gasteiger partial charge on any atom is -0.388 e. The lowest BCUT2D eigenvalue weighted by Crippen LogP contribution is -2.16. The van der Waals surface area contributed by atoms with Gasteiger partial charge in [0.15, 0.2) is 5.78 Å². The lowest BCUT2D eigenvalue weighted by molar-refractivity contribution is -0.117. The zero-order valence-corrected chi connectivity index (χ0v) is 17.2. The molecule has 0 amide bonds. The second-order valence-corrected chi connectivity index (χ2v) is 7.41. The highest BCUT2D eigenvalue weighted by molar-refractivity contribution is 5.94. The number of aliphatic hydroxyl groups excluding tert-OH is 1. The molecular formula is C24H25N5O2. The van der Waals surface area contributed by atoms with Gasteiger partial charge in [-0.15, -0.1) is 0 Å². The molecule has 2 aromatic heterocycles. The van der Waals surface area contributed by atoms with Crippen LogP contribution < -0.4 is 5.32 Å². The maximum Gasteiger partial charge on any atom is 0.181 e. The number of aromatic amines is 1. The Morgan fingerprint density at radius 2 is 2.00 bits per heavy atom. The first-order valence-corrected chi connectivity index (χ1v) is 10.2. The van der Waals surface area contributed by atoms with E-state index < -0.39 is 6.61 Å². The molecule has 0 spiro atoms. The number of aromatic nitrogens is 4. The van der Waals surface area contributed by atoms with E-state index in [1.54, 1.807) is 18.7 Å². The number of aliphatic hydroxyl groups is 1. The quantitative estimate of drug-likeness (QED) is 0.273. The predicted molar refractivity (Wildman–Crippen MR) is 120 cm³/mol. The first kappa shape index (κ1) is 20.7. The molecule has 0 radical (unpaired) electrons. The predicted octanol–water partition coefficient (Wildman–Crippen LogP) is 2.71. The van der Waals surface area contributed by atoms with Gasteiger partial charge in [-0.25, -0.2) is 9.67 Å². The molecule has 0 aliphatic rings. The minimum absolute atomic E-state index is 0.298. The maximum absolute atomic E-state index is 11.1. The molecule has 2 heterocycles. The van der Waals surface area contributed by atoms with Crippen LogP contribution in [0.5, 0.6) is 0 Å². The molecule has 2 aromatic carbocycles. The number of hydrogen-bond acceptors (Lipinski definition) is 5. The summed E-state index contributed by atoms with van der Waals surface area (Å²) < 4.78 is 1.82. The van der Waals surface area contributed by atoms with E-state index in [1.165, 1.54) is 28.2 Å². The second kappa shape index (κ2) is 9.97. The van der Waals surface area contributed by atoms with Crippen LogP contribution in [-0.2, 0) is 24.3 Å². The van der Waals surface area contributed by atoms with Gasteiger partial charge in [0.25, 0.3) is 0 Å². The van der Waals surface area contributed by atoms with Crippen molar-refractivity contribution in [3.63, 3.8) is 0 Å². The van der Waals surface area contributed by atoms with E-state index in [2.05, 4.69) is 44.8 Å². The average molecular weight is 415 g/mol. The Morgan fingerprint density at radius 3 is 2.77 bits per heavy atom. The van der Waals surface area contributed by atoms with E-state index in [0.29, 0.717) is 6.54 Å². The van der Waals surface area contributed by atoms with E-state index in [4.69, 9.17) is 5.11 Å². The minimum atomic E-state index is -0.460. The topological polar surface area (TPSA) is 95.8 Å². The molecule has 31 heavy (non-hydrogen) atoms. The van der Waals surface area contributed by atoms with Crippen LogP contribution in [0, 0.1) is 0 Å². The van der Waals surface area contributed by atoms with E-state index in [1.807, 2.05) is 28.9 Å². The molecule has 0 saturated heterocycles. The Morgan fingerprint density at radius 1 is 1.16 bits per heavy atom. The highest BCUT2D eigenvalue weighted by atomic mass is 16.3. The van der Waals surface area contributed by atoms with Gasteiger partial charge in [0, 0.05) is 23.6 Å². The van der Waals surface area contributed by atoms with Crippen molar-refractivity contribution in [2.45, 2.75) is 19.5 Å². The summed E-state index contributed by atoms with van der Waals surface area (Å²) in [4.78, 5) is 18.5. The summed E-state index contributed by atoms with van der Waals surface area (Å²) in [7, 11) is 0. The first-order valence-electron chi connectivity index (χ1n) is 10.2. The molecule has 0 bridgehead atoms. The lowest BCUT2D eigenvalue weighted by Gasteiger charge is -2.06. The first-order chi connectivity index (χ1) is 15.2. The van der Waals surface area contributed by atoms with Crippen molar-refractivity contribution in [2.75, 3.05) is 13.2 Å². The molecule has 0 aliphatic carbocycles. The van der Waals surface area contributed by atoms with Gasteiger partial charge in [0.05, 0.1) is 6.54 Å². The number of fused-ring (bicyclic) bond motifs is 1. The van der Waals surface area contributed by atoms with Gasteiger partial charge in [0.2, 0.25) is 0 Å². The van der Waals surface area contributed by atoms with E-state index in [9.17, 15) is 4.79 Å². The monoisotopic (exact) mass is 415 g/mol. The fourth-order valence-corrected chi connectivity index (χ4v) is 3.48. The van der Waals surface area contributed by atoms with Gasteiger partial charge in [-0.3, -0.25) is 4.79 Å². The van der Waals surface area contributed by atoms with E-state index in [-0.39, 0.29) is 5.78 Å². The van der Waals surface area contributed by atoms with Crippen LogP contribution in [0.3, 0.4) is 0 Å². The largest absolute Gasteiger partial charge is 0.388 e. The van der Waals surface area contributed by atoms with Crippen molar-refractivity contribution >= 4 is 22.8 Å². The molecule has 7 heteroatoms. The third-order valence-corrected chi connectivity index (χ3v) is 5.14. The zero-order chi connectivity index (χ0) is 21.5. The lowest BCUT2D eigenvalue weighted by atomic mass is 10.1. The molecule has 7 nitrogen and oxygen atoms in total. The van der Waals surface area contributed by atoms with Crippen molar-refractivity contribution in [1.29, 1.82) is 0 Å². The highest BCUT2D eigenvalue weighted by Crippen LogP contribution is 2.21. The van der Waals surface area contributed by atoms with E-state index in [0.717, 1.165) is 30.6 Å². The van der Waals surface area contributed by atoms with Crippen LogP contribution in [-0.4, -0.2) is 43.8 Å². The van der Waals surface area contributed by atoms with Gasteiger partial charge >= 0.3 is 0 Å². The van der Waals surface area contributed by atoms with Crippen molar-refractivity contribution in [3.05, 3.63) is 89.6 Å². The molecular weight excluding hydrogens is 390 g/mol. The van der Waals surface area contributed by atoms with E-state index >= 15 is 0 Å². The highest BCUT2D eigenvalue weighted by Gasteiger charge is 2.06. The summed E-state index contributed by atoms with van der Waals surface area (Å²) in [5.74, 6) is -0.298. The van der Waals surface area contributed by atoms with Crippen molar-refractivity contribution < 1.29 is 9.90 Å². The molecule has 0 fully saturated rings. The number of ketones is 1.